The molecular formula is C18H17N3S. The molecule has 0 saturated carbocycles. The van der Waals surface area contributed by atoms with E-state index >= 15 is 0 Å². The molecule has 0 bridgehead atoms. The van der Waals surface area contributed by atoms with Crippen molar-refractivity contribution in [3.8, 4) is 0 Å². The summed E-state index contributed by atoms with van der Waals surface area (Å²) in [5.74, 6) is 0. The van der Waals surface area contributed by atoms with E-state index in [1.165, 1.54) is 21.5 Å². The zero-order valence-electron chi connectivity index (χ0n) is 12.3. The number of hydrogen-bond donors (Lipinski definition) is 2. The lowest BCUT2D eigenvalue weighted by molar-refractivity contribution is 0.904. The summed E-state index contributed by atoms with van der Waals surface area (Å²) in [7, 11) is 0. The first-order chi connectivity index (χ1) is 10.8. The maximum atomic E-state index is 5.12. The van der Waals surface area contributed by atoms with E-state index in [1.807, 2.05) is 25.3 Å². The third kappa shape index (κ3) is 2.92. The van der Waals surface area contributed by atoms with Gasteiger partial charge in [-0.05, 0) is 46.8 Å². The Morgan fingerprint density at radius 3 is 2.23 bits per heavy atom. The number of benzene rings is 3. The van der Waals surface area contributed by atoms with Crippen molar-refractivity contribution in [2.75, 3.05) is 6.54 Å². The molecule has 0 unspecified atom stereocenters. The van der Waals surface area contributed by atoms with E-state index in [1.54, 1.807) is 0 Å². The molecule has 0 aromatic heterocycles. The number of nitrogens with one attached hydrogen (secondary N) is 2. The lowest BCUT2D eigenvalue weighted by Crippen LogP contribution is -2.31. The molecule has 0 spiro atoms. The average Bonchev–Trinajstić information content (AvgIpc) is 2.54. The Morgan fingerprint density at radius 2 is 1.64 bits per heavy atom. The van der Waals surface area contributed by atoms with Gasteiger partial charge >= 0.3 is 0 Å². The maximum Gasteiger partial charge on any atom is 0.186 e. The largest absolute Gasteiger partial charge is 0.362 e. The van der Waals surface area contributed by atoms with E-state index in [0.717, 1.165) is 12.1 Å². The van der Waals surface area contributed by atoms with Crippen molar-refractivity contribution >= 4 is 45.1 Å². The molecule has 22 heavy (non-hydrogen) atoms. The summed E-state index contributed by atoms with van der Waals surface area (Å²) in [6.45, 7) is 2.77. The molecule has 110 valence electrons. The minimum atomic E-state index is 0.531. The second-order valence-corrected chi connectivity index (χ2v) is 5.37. The molecule has 4 heteroatoms. The van der Waals surface area contributed by atoms with Crippen molar-refractivity contribution < 1.29 is 0 Å². The lowest BCUT2D eigenvalue weighted by atomic mass is 9.97. The molecule has 0 amide bonds. The molecule has 3 nitrogen and oxygen atoms in total. The van der Waals surface area contributed by atoms with Gasteiger partial charge < -0.3 is 5.32 Å². The summed E-state index contributed by atoms with van der Waals surface area (Å²) in [5.41, 5.74) is 3.95. The number of rotatable bonds is 3. The zero-order chi connectivity index (χ0) is 15.4. The highest BCUT2D eigenvalue weighted by Crippen LogP contribution is 2.27. The van der Waals surface area contributed by atoms with Crippen LogP contribution in [0.1, 0.15) is 12.5 Å². The Hall–Kier alpha value is -2.46. The number of fused-ring (bicyclic) bond motifs is 2. The van der Waals surface area contributed by atoms with Gasteiger partial charge in [-0.1, -0.05) is 48.5 Å². The van der Waals surface area contributed by atoms with Gasteiger partial charge in [0.25, 0.3) is 0 Å². The summed E-state index contributed by atoms with van der Waals surface area (Å²) >= 11 is 5.12. The van der Waals surface area contributed by atoms with Crippen molar-refractivity contribution in [2.45, 2.75) is 6.92 Å². The van der Waals surface area contributed by atoms with Crippen LogP contribution in [-0.4, -0.2) is 17.9 Å². The first-order valence-corrected chi connectivity index (χ1v) is 7.68. The van der Waals surface area contributed by atoms with Crippen molar-refractivity contribution in [3.63, 3.8) is 0 Å². The van der Waals surface area contributed by atoms with Gasteiger partial charge in [0.05, 0.1) is 6.21 Å². The van der Waals surface area contributed by atoms with Crippen LogP contribution in [0.5, 0.6) is 0 Å². The Labute approximate surface area is 135 Å². The van der Waals surface area contributed by atoms with E-state index < -0.39 is 0 Å². The van der Waals surface area contributed by atoms with E-state index in [9.17, 15) is 0 Å². The first kappa shape index (κ1) is 14.5. The zero-order valence-corrected chi connectivity index (χ0v) is 13.2. The number of hydrogen-bond acceptors (Lipinski definition) is 2. The minimum Gasteiger partial charge on any atom is -0.362 e. The van der Waals surface area contributed by atoms with Gasteiger partial charge in [0.15, 0.2) is 5.11 Å². The number of nitrogens with zero attached hydrogens (tertiary/aromatic N) is 1. The molecule has 0 fully saturated rings. The Balaban J connectivity index is 2.08. The second kappa shape index (κ2) is 6.54. The molecular weight excluding hydrogens is 290 g/mol. The summed E-state index contributed by atoms with van der Waals surface area (Å²) in [6.07, 6.45) is 1.84. The summed E-state index contributed by atoms with van der Waals surface area (Å²) < 4.78 is 0. The third-order valence-electron chi connectivity index (χ3n) is 3.51. The van der Waals surface area contributed by atoms with Crippen molar-refractivity contribution in [3.05, 3.63) is 60.2 Å². The van der Waals surface area contributed by atoms with Crippen LogP contribution in [0.2, 0.25) is 0 Å². The molecule has 2 N–H and O–H groups in total. The highest BCUT2D eigenvalue weighted by Gasteiger charge is 2.05. The molecule has 0 atom stereocenters. The summed E-state index contributed by atoms with van der Waals surface area (Å²) in [4.78, 5) is 0. The quantitative estimate of drug-likeness (QED) is 0.334. The fourth-order valence-electron chi connectivity index (χ4n) is 2.54. The molecule has 3 aromatic rings. The van der Waals surface area contributed by atoms with E-state index in [2.05, 4.69) is 58.3 Å². The smallest absolute Gasteiger partial charge is 0.186 e. The molecule has 0 aliphatic heterocycles. The van der Waals surface area contributed by atoms with E-state index in [4.69, 9.17) is 12.2 Å². The molecule has 0 aliphatic rings. The van der Waals surface area contributed by atoms with Gasteiger partial charge in [-0.15, -0.1) is 0 Å². The van der Waals surface area contributed by atoms with Crippen LogP contribution >= 0.6 is 12.2 Å². The first-order valence-electron chi connectivity index (χ1n) is 7.27. The predicted octanol–water partition coefficient (Wildman–Crippen LogP) is 3.81. The van der Waals surface area contributed by atoms with Gasteiger partial charge in [0.2, 0.25) is 0 Å². The van der Waals surface area contributed by atoms with Gasteiger partial charge in [0, 0.05) is 12.1 Å². The highest BCUT2D eigenvalue weighted by atomic mass is 32.1. The van der Waals surface area contributed by atoms with Gasteiger partial charge in [-0.25, -0.2) is 0 Å². The van der Waals surface area contributed by atoms with Gasteiger partial charge in [-0.2, -0.15) is 5.10 Å². The SMILES string of the molecule is CCNC(=S)N/N=C/c1c2ccccc2cc2ccccc12. The standard InChI is InChI=1S/C18H17N3S/c1-2-19-18(22)21-20-12-17-15-9-5-3-7-13(15)11-14-8-4-6-10-16(14)17/h3-12H,2H2,1H3,(H2,19,21,22)/b20-12+. The molecule has 0 aliphatic carbocycles. The molecule has 3 rings (SSSR count). The van der Waals surface area contributed by atoms with E-state index in [-0.39, 0.29) is 0 Å². The van der Waals surface area contributed by atoms with E-state index in [0.29, 0.717) is 5.11 Å². The van der Waals surface area contributed by atoms with Crippen LogP contribution < -0.4 is 10.7 Å². The van der Waals surface area contributed by atoms with Crippen molar-refractivity contribution in [1.82, 2.24) is 10.7 Å². The second-order valence-electron chi connectivity index (χ2n) is 4.96. The normalized spacial score (nSPS) is 11.1. The predicted molar refractivity (Wildman–Crippen MR) is 98.5 cm³/mol. The Morgan fingerprint density at radius 1 is 1.05 bits per heavy atom. The fraction of sp³-hybridized carbons (Fsp3) is 0.111. The molecule has 0 saturated heterocycles. The highest BCUT2D eigenvalue weighted by molar-refractivity contribution is 7.80. The van der Waals surface area contributed by atoms with Crippen LogP contribution in [-0.2, 0) is 0 Å². The minimum absolute atomic E-state index is 0.531. The van der Waals surface area contributed by atoms with Crippen LogP contribution in [0.3, 0.4) is 0 Å². The van der Waals surface area contributed by atoms with Crippen LogP contribution in [0.4, 0.5) is 0 Å². The summed E-state index contributed by atoms with van der Waals surface area (Å²) in [6, 6.07) is 18.9. The van der Waals surface area contributed by atoms with Gasteiger partial charge in [0.1, 0.15) is 0 Å². The maximum absolute atomic E-state index is 5.12. The monoisotopic (exact) mass is 307 g/mol. The average molecular weight is 307 g/mol. The van der Waals surface area contributed by atoms with Crippen LogP contribution in [0, 0.1) is 0 Å². The molecule has 0 heterocycles. The van der Waals surface area contributed by atoms with Gasteiger partial charge in [-0.3, -0.25) is 5.43 Å². The summed E-state index contributed by atoms with van der Waals surface area (Å²) in [5, 5.41) is 12.6. The van der Waals surface area contributed by atoms with Crippen LogP contribution in [0.15, 0.2) is 59.7 Å². The lowest BCUT2D eigenvalue weighted by Gasteiger charge is -2.08. The Kier molecular flexibility index (Phi) is 4.30. The number of hydrazone groups is 1. The van der Waals surface area contributed by atoms with Crippen LogP contribution in [0.25, 0.3) is 21.5 Å². The molecule has 3 aromatic carbocycles. The number of thiocarbonyl (C=S) groups is 1. The molecule has 0 radical (unpaired) electrons. The fourth-order valence-corrected chi connectivity index (χ4v) is 2.74. The van der Waals surface area contributed by atoms with Crippen molar-refractivity contribution in [1.29, 1.82) is 0 Å². The van der Waals surface area contributed by atoms with Crippen molar-refractivity contribution in [2.24, 2.45) is 5.10 Å². The topological polar surface area (TPSA) is 36.4 Å². The third-order valence-corrected chi connectivity index (χ3v) is 3.75. The Bertz CT molecular complexity index is 801.